The van der Waals surface area contributed by atoms with Crippen molar-refractivity contribution in [3.63, 3.8) is 0 Å². The molecule has 0 aromatic carbocycles. The zero-order valence-electron chi connectivity index (χ0n) is 13.2. The third kappa shape index (κ3) is 3.46. The molecule has 0 amide bonds. The minimum Gasteiger partial charge on any atom is -0.391 e. The molecule has 0 radical (unpaired) electrons. The summed E-state index contributed by atoms with van der Waals surface area (Å²) >= 11 is 0. The molecule has 1 aromatic heterocycles. The van der Waals surface area contributed by atoms with Crippen molar-refractivity contribution in [2.75, 3.05) is 32.1 Å². The highest BCUT2D eigenvalue weighted by atomic mass is 16.3. The minimum absolute atomic E-state index is 0.279. The smallest absolute Gasteiger partial charge is 0.226 e. The molecule has 2 rings (SSSR count). The first-order valence-electron chi connectivity index (χ1n) is 7.32. The van der Waals surface area contributed by atoms with Crippen LogP contribution in [0, 0.1) is 6.92 Å². The van der Waals surface area contributed by atoms with Crippen molar-refractivity contribution in [2.24, 2.45) is 0 Å². The van der Waals surface area contributed by atoms with E-state index in [0.29, 0.717) is 12.5 Å². The maximum Gasteiger partial charge on any atom is 0.226 e. The monoisotopic (exact) mass is 278 g/mol. The number of rotatable bonds is 4. The molecule has 2 unspecified atom stereocenters. The first kappa shape index (κ1) is 15.2. The Morgan fingerprint density at radius 3 is 2.70 bits per heavy atom. The zero-order valence-corrected chi connectivity index (χ0v) is 13.2. The number of hydrogen-bond acceptors (Lipinski definition) is 5. The third-order valence-electron chi connectivity index (χ3n) is 3.68. The third-order valence-corrected chi connectivity index (χ3v) is 3.68. The van der Waals surface area contributed by atoms with Gasteiger partial charge in [-0.1, -0.05) is 13.8 Å². The molecule has 1 aliphatic heterocycles. The van der Waals surface area contributed by atoms with Gasteiger partial charge in [0.25, 0.3) is 0 Å². The van der Waals surface area contributed by atoms with Crippen LogP contribution in [0.5, 0.6) is 0 Å². The van der Waals surface area contributed by atoms with E-state index in [1.165, 1.54) is 0 Å². The minimum atomic E-state index is -0.286. The Hall–Kier alpha value is -1.20. The fourth-order valence-corrected chi connectivity index (χ4v) is 2.73. The molecule has 0 spiro atoms. The molecule has 2 heterocycles. The van der Waals surface area contributed by atoms with Gasteiger partial charge in [0.2, 0.25) is 5.95 Å². The molecule has 1 aliphatic rings. The van der Waals surface area contributed by atoms with E-state index in [-0.39, 0.29) is 12.1 Å². The van der Waals surface area contributed by atoms with E-state index in [1.807, 2.05) is 13.0 Å². The molecule has 1 aromatic rings. The predicted molar refractivity (Wildman–Crippen MR) is 81.2 cm³/mol. The summed E-state index contributed by atoms with van der Waals surface area (Å²) < 4.78 is 0. The van der Waals surface area contributed by atoms with Gasteiger partial charge < -0.3 is 14.9 Å². The summed E-state index contributed by atoms with van der Waals surface area (Å²) in [5.74, 6) is 1.15. The van der Waals surface area contributed by atoms with E-state index in [4.69, 9.17) is 4.98 Å². The van der Waals surface area contributed by atoms with Crippen LogP contribution in [-0.4, -0.2) is 59.3 Å². The van der Waals surface area contributed by atoms with E-state index in [9.17, 15) is 5.11 Å². The van der Waals surface area contributed by atoms with Crippen molar-refractivity contribution < 1.29 is 5.11 Å². The largest absolute Gasteiger partial charge is 0.391 e. The molecule has 20 heavy (non-hydrogen) atoms. The summed E-state index contributed by atoms with van der Waals surface area (Å²) in [5.41, 5.74) is 2.06. The van der Waals surface area contributed by atoms with Gasteiger partial charge in [-0.15, -0.1) is 0 Å². The van der Waals surface area contributed by atoms with Crippen LogP contribution in [0.2, 0.25) is 0 Å². The van der Waals surface area contributed by atoms with Crippen molar-refractivity contribution in [3.05, 3.63) is 17.5 Å². The number of hydrogen-bond donors (Lipinski definition) is 1. The van der Waals surface area contributed by atoms with Crippen LogP contribution in [-0.2, 0) is 0 Å². The number of nitrogens with zero attached hydrogens (tertiary/aromatic N) is 4. The standard InChI is InChI=1S/C15H26N4O/c1-10(2)14-6-11(3)16-15(17-14)19-9-13(20)7-12(19)8-18(4)5/h6,10,12-13,20H,7-9H2,1-5H3. The molecule has 0 saturated carbocycles. The van der Waals surface area contributed by atoms with Gasteiger partial charge in [0, 0.05) is 30.5 Å². The van der Waals surface area contributed by atoms with Crippen LogP contribution in [0.4, 0.5) is 5.95 Å². The molecular formula is C15H26N4O. The maximum atomic E-state index is 9.98. The topological polar surface area (TPSA) is 52.5 Å². The van der Waals surface area contributed by atoms with Gasteiger partial charge in [-0.2, -0.15) is 0 Å². The first-order valence-corrected chi connectivity index (χ1v) is 7.32. The number of β-amino-alcohol motifs (C(OH)–C–C–N with tert-alkyl or cyclic N) is 1. The molecule has 1 N–H and O–H groups in total. The molecule has 5 nitrogen and oxygen atoms in total. The van der Waals surface area contributed by atoms with Crippen LogP contribution in [0.1, 0.15) is 37.6 Å². The molecule has 1 saturated heterocycles. The lowest BCUT2D eigenvalue weighted by Crippen LogP contribution is -2.38. The van der Waals surface area contributed by atoms with Crippen molar-refractivity contribution in [1.29, 1.82) is 0 Å². The molecule has 0 bridgehead atoms. The second-order valence-corrected chi connectivity index (χ2v) is 6.35. The Bertz CT molecular complexity index is 461. The van der Waals surface area contributed by atoms with Crippen LogP contribution in [0.15, 0.2) is 6.07 Å². The molecular weight excluding hydrogens is 252 g/mol. The first-order chi connectivity index (χ1) is 9.36. The summed E-state index contributed by atoms with van der Waals surface area (Å²) in [6, 6.07) is 2.32. The van der Waals surface area contributed by atoms with Crippen molar-refractivity contribution >= 4 is 5.95 Å². The number of anilines is 1. The van der Waals surface area contributed by atoms with Gasteiger partial charge in [0.05, 0.1) is 6.10 Å². The second-order valence-electron chi connectivity index (χ2n) is 6.35. The van der Waals surface area contributed by atoms with Gasteiger partial charge in [-0.05, 0) is 39.4 Å². The lowest BCUT2D eigenvalue weighted by atomic mass is 10.1. The van der Waals surface area contributed by atoms with Crippen LogP contribution < -0.4 is 4.90 Å². The number of aliphatic hydroxyl groups excluding tert-OH is 1. The number of aliphatic hydroxyl groups is 1. The van der Waals surface area contributed by atoms with E-state index in [1.54, 1.807) is 0 Å². The average molecular weight is 278 g/mol. The molecule has 2 atom stereocenters. The van der Waals surface area contributed by atoms with Gasteiger partial charge in [0.1, 0.15) is 0 Å². The number of aryl methyl sites for hydroxylation is 1. The highest BCUT2D eigenvalue weighted by Gasteiger charge is 2.33. The summed E-state index contributed by atoms with van der Waals surface area (Å²) in [6.07, 6.45) is 0.499. The van der Waals surface area contributed by atoms with Crippen LogP contribution in [0.25, 0.3) is 0 Å². The van der Waals surface area contributed by atoms with E-state index >= 15 is 0 Å². The zero-order chi connectivity index (χ0) is 14.9. The maximum absolute atomic E-state index is 9.98. The highest BCUT2D eigenvalue weighted by Crippen LogP contribution is 2.25. The summed E-state index contributed by atoms with van der Waals surface area (Å²) in [6.45, 7) is 7.82. The number of likely N-dealkylation sites (N-methyl/N-ethyl adjacent to an activating group) is 1. The summed E-state index contributed by atoms with van der Waals surface area (Å²) in [5, 5.41) is 9.98. The Morgan fingerprint density at radius 2 is 2.10 bits per heavy atom. The summed E-state index contributed by atoms with van der Waals surface area (Å²) in [4.78, 5) is 13.6. The Balaban J connectivity index is 2.28. The fraction of sp³-hybridized carbons (Fsp3) is 0.733. The van der Waals surface area contributed by atoms with E-state index in [0.717, 1.165) is 30.3 Å². The normalized spacial score (nSPS) is 23.1. The van der Waals surface area contributed by atoms with Gasteiger partial charge in [-0.3, -0.25) is 0 Å². The van der Waals surface area contributed by atoms with Crippen LogP contribution >= 0.6 is 0 Å². The van der Waals surface area contributed by atoms with Crippen molar-refractivity contribution in [1.82, 2.24) is 14.9 Å². The van der Waals surface area contributed by atoms with Gasteiger partial charge in [0.15, 0.2) is 0 Å². The number of aromatic nitrogens is 2. The summed E-state index contributed by atoms with van der Waals surface area (Å²) in [7, 11) is 4.11. The van der Waals surface area contributed by atoms with E-state index < -0.39 is 0 Å². The van der Waals surface area contributed by atoms with Gasteiger partial charge >= 0.3 is 0 Å². The Labute approximate surface area is 121 Å². The lowest BCUT2D eigenvalue weighted by molar-refractivity contribution is 0.191. The fourth-order valence-electron chi connectivity index (χ4n) is 2.73. The molecule has 5 heteroatoms. The lowest BCUT2D eigenvalue weighted by Gasteiger charge is -2.27. The second kappa shape index (κ2) is 6.06. The Kier molecular flexibility index (Phi) is 4.60. The highest BCUT2D eigenvalue weighted by molar-refractivity contribution is 5.37. The van der Waals surface area contributed by atoms with Crippen LogP contribution in [0.3, 0.4) is 0 Å². The van der Waals surface area contributed by atoms with Crippen molar-refractivity contribution in [2.45, 2.75) is 45.3 Å². The average Bonchev–Trinajstić information content (AvgIpc) is 2.68. The molecule has 112 valence electrons. The predicted octanol–water partition coefficient (Wildman–Crippen LogP) is 1.41. The molecule has 1 fully saturated rings. The quantitative estimate of drug-likeness (QED) is 0.902. The SMILES string of the molecule is Cc1cc(C(C)C)nc(N2CC(O)CC2CN(C)C)n1. The Morgan fingerprint density at radius 1 is 1.40 bits per heavy atom. The van der Waals surface area contributed by atoms with Gasteiger partial charge in [-0.25, -0.2) is 9.97 Å². The van der Waals surface area contributed by atoms with E-state index in [2.05, 4.69) is 42.7 Å². The van der Waals surface area contributed by atoms with Crippen molar-refractivity contribution in [3.8, 4) is 0 Å². The molecule has 0 aliphatic carbocycles.